The Morgan fingerprint density at radius 1 is 1.35 bits per heavy atom. The zero-order valence-corrected chi connectivity index (χ0v) is 14.1. The van der Waals surface area contributed by atoms with Crippen LogP contribution in [0.15, 0.2) is 15.7 Å². The van der Waals surface area contributed by atoms with Gasteiger partial charge in [0.25, 0.3) is 10.0 Å². The number of rotatable bonds is 6. The zero-order chi connectivity index (χ0) is 14.8. The SMILES string of the molecule is CCCNCc1csc(S(=O)(=O)N2CC(C)C(C)C2)c1. The summed E-state index contributed by atoms with van der Waals surface area (Å²) in [7, 11) is -3.29. The molecule has 1 N–H and O–H groups in total. The van der Waals surface area contributed by atoms with Crippen LogP contribution in [0.3, 0.4) is 0 Å². The van der Waals surface area contributed by atoms with Gasteiger partial charge < -0.3 is 5.32 Å². The third-order valence-corrected chi connectivity index (χ3v) is 7.23. The summed E-state index contributed by atoms with van der Waals surface area (Å²) in [5.41, 5.74) is 1.06. The van der Waals surface area contributed by atoms with Crippen molar-refractivity contribution >= 4 is 21.4 Å². The maximum atomic E-state index is 12.6. The lowest BCUT2D eigenvalue weighted by molar-refractivity contribution is 0.465. The van der Waals surface area contributed by atoms with E-state index in [0.717, 1.165) is 25.1 Å². The van der Waals surface area contributed by atoms with Gasteiger partial charge in [0.15, 0.2) is 0 Å². The maximum absolute atomic E-state index is 12.6. The van der Waals surface area contributed by atoms with Gasteiger partial charge in [0.2, 0.25) is 0 Å². The molecule has 2 atom stereocenters. The molecule has 1 aliphatic heterocycles. The van der Waals surface area contributed by atoms with Crippen molar-refractivity contribution in [3.05, 3.63) is 17.0 Å². The molecule has 0 spiro atoms. The lowest BCUT2D eigenvalue weighted by Gasteiger charge is -2.14. The van der Waals surface area contributed by atoms with Crippen molar-refractivity contribution in [3.63, 3.8) is 0 Å². The molecule has 0 amide bonds. The molecule has 0 bridgehead atoms. The lowest BCUT2D eigenvalue weighted by Crippen LogP contribution is -2.28. The first-order chi connectivity index (χ1) is 9.45. The molecule has 0 saturated carbocycles. The van der Waals surface area contributed by atoms with E-state index in [1.807, 2.05) is 11.4 Å². The average molecular weight is 316 g/mol. The first-order valence-electron chi connectivity index (χ1n) is 7.23. The molecule has 1 aliphatic rings. The summed E-state index contributed by atoms with van der Waals surface area (Å²) in [6.45, 7) is 9.34. The molecule has 4 nitrogen and oxygen atoms in total. The van der Waals surface area contributed by atoms with E-state index < -0.39 is 10.0 Å². The van der Waals surface area contributed by atoms with Crippen LogP contribution >= 0.6 is 11.3 Å². The number of nitrogens with zero attached hydrogens (tertiary/aromatic N) is 1. The molecule has 1 aromatic heterocycles. The first-order valence-corrected chi connectivity index (χ1v) is 9.55. The predicted molar refractivity (Wildman–Crippen MR) is 83.4 cm³/mol. The largest absolute Gasteiger partial charge is 0.313 e. The number of sulfonamides is 1. The van der Waals surface area contributed by atoms with Crippen molar-refractivity contribution in [2.45, 2.75) is 37.9 Å². The highest BCUT2D eigenvalue weighted by atomic mass is 32.2. The van der Waals surface area contributed by atoms with Crippen molar-refractivity contribution < 1.29 is 8.42 Å². The molecular formula is C14H24N2O2S2. The van der Waals surface area contributed by atoms with E-state index in [2.05, 4.69) is 26.1 Å². The molecule has 2 heterocycles. The summed E-state index contributed by atoms with van der Waals surface area (Å²) >= 11 is 1.33. The molecule has 2 rings (SSSR count). The number of hydrogen-bond acceptors (Lipinski definition) is 4. The average Bonchev–Trinajstić information content (AvgIpc) is 2.99. The third-order valence-electron chi connectivity index (χ3n) is 3.93. The van der Waals surface area contributed by atoms with Gasteiger partial charge >= 0.3 is 0 Å². The van der Waals surface area contributed by atoms with Crippen molar-refractivity contribution in [1.82, 2.24) is 9.62 Å². The Morgan fingerprint density at radius 2 is 2.00 bits per heavy atom. The molecule has 20 heavy (non-hydrogen) atoms. The van der Waals surface area contributed by atoms with Gasteiger partial charge in [-0.25, -0.2) is 8.42 Å². The Labute approximate surface area is 126 Å². The monoisotopic (exact) mass is 316 g/mol. The standard InChI is InChI=1S/C14H24N2O2S2/c1-4-5-15-7-13-6-14(19-10-13)20(17,18)16-8-11(2)12(3)9-16/h6,10-12,15H,4-5,7-9H2,1-3H3. The van der Waals surface area contributed by atoms with Crippen LogP contribution in [0, 0.1) is 11.8 Å². The second kappa shape index (κ2) is 6.56. The van der Waals surface area contributed by atoms with Gasteiger partial charge in [-0.3, -0.25) is 0 Å². The predicted octanol–water partition coefficient (Wildman–Crippen LogP) is 2.52. The molecule has 0 radical (unpaired) electrons. The van der Waals surface area contributed by atoms with Crippen LogP contribution in [0.2, 0.25) is 0 Å². The van der Waals surface area contributed by atoms with E-state index in [1.54, 1.807) is 4.31 Å². The summed E-state index contributed by atoms with van der Waals surface area (Å²) in [4.78, 5) is 0. The van der Waals surface area contributed by atoms with Crippen LogP contribution in [-0.2, 0) is 16.6 Å². The summed E-state index contributed by atoms with van der Waals surface area (Å²) in [6.07, 6.45) is 1.08. The van der Waals surface area contributed by atoms with E-state index >= 15 is 0 Å². The Balaban J connectivity index is 2.07. The highest BCUT2D eigenvalue weighted by Crippen LogP contribution is 2.30. The molecule has 0 aliphatic carbocycles. The van der Waals surface area contributed by atoms with Crippen LogP contribution in [0.4, 0.5) is 0 Å². The first kappa shape index (κ1) is 15.9. The number of thiophene rings is 1. The molecule has 1 saturated heterocycles. The number of hydrogen-bond donors (Lipinski definition) is 1. The Kier molecular flexibility index (Phi) is 5.23. The molecule has 1 fully saturated rings. The lowest BCUT2D eigenvalue weighted by atomic mass is 10.0. The fourth-order valence-corrected chi connectivity index (χ4v) is 5.39. The topological polar surface area (TPSA) is 49.4 Å². The van der Waals surface area contributed by atoms with E-state index in [0.29, 0.717) is 29.1 Å². The summed E-state index contributed by atoms with van der Waals surface area (Å²) in [5, 5.41) is 5.24. The van der Waals surface area contributed by atoms with Crippen LogP contribution in [0.1, 0.15) is 32.8 Å². The van der Waals surface area contributed by atoms with Crippen LogP contribution < -0.4 is 5.32 Å². The highest BCUT2D eigenvalue weighted by Gasteiger charge is 2.35. The van der Waals surface area contributed by atoms with Crippen LogP contribution in [0.5, 0.6) is 0 Å². The van der Waals surface area contributed by atoms with Crippen molar-refractivity contribution in [3.8, 4) is 0 Å². The van der Waals surface area contributed by atoms with Crippen LogP contribution in [0.25, 0.3) is 0 Å². The van der Waals surface area contributed by atoms with Gasteiger partial charge in [0.1, 0.15) is 4.21 Å². The van der Waals surface area contributed by atoms with Crippen molar-refractivity contribution in [1.29, 1.82) is 0 Å². The second-order valence-electron chi connectivity index (χ2n) is 5.73. The zero-order valence-electron chi connectivity index (χ0n) is 12.4. The van der Waals surface area contributed by atoms with E-state index in [1.165, 1.54) is 11.3 Å². The minimum atomic E-state index is -3.29. The Bertz CT molecular complexity index is 529. The minimum absolute atomic E-state index is 0.440. The molecule has 2 unspecified atom stereocenters. The second-order valence-corrected chi connectivity index (χ2v) is 8.80. The molecule has 0 aromatic carbocycles. The quantitative estimate of drug-likeness (QED) is 0.821. The summed E-state index contributed by atoms with van der Waals surface area (Å²) in [6, 6.07) is 1.82. The third kappa shape index (κ3) is 3.42. The van der Waals surface area contributed by atoms with Gasteiger partial charge in [-0.15, -0.1) is 11.3 Å². The van der Waals surface area contributed by atoms with Gasteiger partial charge in [-0.2, -0.15) is 4.31 Å². The van der Waals surface area contributed by atoms with E-state index in [-0.39, 0.29) is 0 Å². The summed E-state index contributed by atoms with van der Waals surface area (Å²) < 4.78 is 27.3. The van der Waals surface area contributed by atoms with Crippen LogP contribution in [-0.4, -0.2) is 32.4 Å². The minimum Gasteiger partial charge on any atom is -0.313 e. The molecular weight excluding hydrogens is 292 g/mol. The summed E-state index contributed by atoms with van der Waals surface area (Å²) in [5.74, 6) is 0.880. The van der Waals surface area contributed by atoms with E-state index in [4.69, 9.17) is 0 Å². The van der Waals surface area contributed by atoms with Crippen molar-refractivity contribution in [2.24, 2.45) is 11.8 Å². The fraction of sp³-hybridized carbons (Fsp3) is 0.714. The van der Waals surface area contributed by atoms with Crippen molar-refractivity contribution in [2.75, 3.05) is 19.6 Å². The maximum Gasteiger partial charge on any atom is 0.252 e. The Morgan fingerprint density at radius 3 is 2.60 bits per heavy atom. The Hall–Kier alpha value is -0.430. The van der Waals surface area contributed by atoms with E-state index in [9.17, 15) is 8.42 Å². The van der Waals surface area contributed by atoms with Gasteiger partial charge in [0, 0.05) is 19.6 Å². The van der Waals surface area contributed by atoms with Gasteiger partial charge in [0.05, 0.1) is 0 Å². The van der Waals surface area contributed by atoms with Gasteiger partial charge in [-0.1, -0.05) is 20.8 Å². The fourth-order valence-electron chi connectivity index (χ4n) is 2.39. The normalized spacial score (nSPS) is 24.4. The molecule has 6 heteroatoms. The number of nitrogens with one attached hydrogen (secondary N) is 1. The molecule has 114 valence electrons. The van der Waals surface area contributed by atoms with Gasteiger partial charge in [-0.05, 0) is 41.8 Å². The highest BCUT2D eigenvalue weighted by molar-refractivity contribution is 7.91. The molecule has 1 aromatic rings. The smallest absolute Gasteiger partial charge is 0.252 e.